The summed E-state index contributed by atoms with van der Waals surface area (Å²) in [6.07, 6.45) is 0. The number of nitrogens with zero attached hydrogens (tertiary/aromatic N) is 2. The summed E-state index contributed by atoms with van der Waals surface area (Å²) >= 11 is 0. The lowest BCUT2D eigenvalue weighted by Crippen LogP contribution is -2.10. The van der Waals surface area contributed by atoms with E-state index in [0.717, 1.165) is 5.69 Å². The third-order valence-corrected chi connectivity index (χ3v) is 3.29. The van der Waals surface area contributed by atoms with Crippen LogP contribution in [0.2, 0.25) is 0 Å². The van der Waals surface area contributed by atoms with Crippen LogP contribution in [0.3, 0.4) is 0 Å². The number of hydrogen-bond donors (Lipinski definition) is 1. The van der Waals surface area contributed by atoms with Crippen LogP contribution >= 0.6 is 0 Å². The van der Waals surface area contributed by atoms with Gasteiger partial charge < -0.3 is 10.2 Å². The highest BCUT2D eigenvalue weighted by molar-refractivity contribution is 5.58. The molecule has 0 aromatic heterocycles. The smallest absolute Gasteiger partial charge is 0.0991 e. The molecule has 1 N–H and O–H groups in total. The topological polar surface area (TPSA) is 39.1 Å². The molecule has 2 rings (SSSR count). The highest BCUT2D eigenvalue weighted by Crippen LogP contribution is 2.23. The monoisotopic (exact) mass is 265 g/mol. The second-order valence-corrected chi connectivity index (χ2v) is 5.04. The van der Waals surface area contributed by atoms with Gasteiger partial charge in [-0.25, -0.2) is 0 Å². The number of hydrogen-bond acceptors (Lipinski definition) is 3. The normalized spacial score (nSPS) is 11.5. The first kappa shape index (κ1) is 14.0. The molecule has 0 saturated heterocycles. The molecule has 0 bridgehead atoms. The Morgan fingerprint density at radius 1 is 1.10 bits per heavy atom. The molecule has 0 spiro atoms. The Balaban J connectivity index is 2.12. The largest absolute Gasteiger partial charge is 0.378 e. The number of rotatable bonds is 4. The minimum Gasteiger partial charge on any atom is -0.378 e. The summed E-state index contributed by atoms with van der Waals surface area (Å²) in [5, 5.41) is 12.3. The molecular formula is C17H19N3. The van der Waals surface area contributed by atoms with Gasteiger partial charge in [-0.05, 0) is 42.8 Å². The Morgan fingerprint density at radius 3 is 2.40 bits per heavy atom. The summed E-state index contributed by atoms with van der Waals surface area (Å²) in [6, 6.07) is 18.3. The summed E-state index contributed by atoms with van der Waals surface area (Å²) in [5.41, 5.74) is 4.12. The Bertz CT molecular complexity index is 609. The molecule has 0 amide bonds. The SMILES string of the molecule is CC(Nc1cccc(N(C)C)c1)c1ccc(C#N)cc1. The molecule has 1 atom stereocenters. The lowest BCUT2D eigenvalue weighted by atomic mass is 10.1. The van der Waals surface area contributed by atoms with Crippen molar-refractivity contribution in [2.75, 3.05) is 24.3 Å². The van der Waals surface area contributed by atoms with Gasteiger partial charge in [0.15, 0.2) is 0 Å². The minimum absolute atomic E-state index is 0.195. The number of benzene rings is 2. The van der Waals surface area contributed by atoms with Crippen LogP contribution in [0.15, 0.2) is 48.5 Å². The molecule has 102 valence electrons. The molecule has 0 saturated carbocycles. The maximum atomic E-state index is 8.81. The predicted octanol–water partition coefficient (Wildman–Crippen LogP) is 3.80. The van der Waals surface area contributed by atoms with Crippen molar-refractivity contribution in [2.24, 2.45) is 0 Å². The van der Waals surface area contributed by atoms with E-state index in [0.29, 0.717) is 5.56 Å². The van der Waals surface area contributed by atoms with Gasteiger partial charge in [-0.2, -0.15) is 5.26 Å². The summed E-state index contributed by atoms with van der Waals surface area (Å²) in [6.45, 7) is 2.11. The van der Waals surface area contributed by atoms with Gasteiger partial charge in [0.1, 0.15) is 0 Å². The highest BCUT2D eigenvalue weighted by atomic mass is 15.1. The maximum Gasteiger partial charge on any atom is 0.0991 e. The van der Waals surface area contributed by atoms with Crippen molar-refractivity contribution >= 4 is 11.4 Å². The molecule has 0 heterocycles. The predicted molar refractivity (Wildman–Crippen MR) is 84.0 cm³/mol. The highest BCUT2D eigenvalue weighted by Gasteiger charge is 2.06. The summed E-state index contributed by atoms with van der Waals surface area (Å²) in [4.78, 5) is 2.08. The molecule has 0 aliphatic rings. The number of nitrogens with one attached hydrogen (secondary N) is 1. The van der Waals surface area contributed by atoms with Gasteiger partial charge in [0.2, 0.25) is 0 Å². The average Bonchev–Trinajstić information content (AvgIpc) is 2.47. The third kappa shape index (κ3) is 3.30. The van der Waals surface area contributed by atoms with Crippen molar-refractivity contribution in [1.29, 1.82) is 5.26 Å². The van der Waals surface area contributed by atoms with Crippen LogP contribution in [-0.2, 0) is 0 Å². The molecule has 0 fully saturated rings. The first-order valence-electron chi connectivity index (χ1n) is 6.64. The van der Waals surface area contributed by atoms with Gasteiger partial charge in [0.25, 0.3) is 0 Å². The first-order chi connectivity index (χ1) is 9.60. The second kappa shape index (κ2) is 6.12. The minimum atomic E-state index is 0.195. The van der Waals surface area contributed by atoms with E-state index in [1.54, 1.807) is 0 Å². The average molecular weight is 265 g/mol. The fourth-order valence-electron chi connectivity index (χ4n) is 2.05. The lowest BCUT2D eigenvalue weighted by Gasteiger charge is -2.18. The van der Waals surface area contributed by atoms with Crippen molar-refractivity contribution in [2.45, 2.75) is 13.0 Å². The van der Waals surface area contributed by atoms with E-state index in [1.807, 2.05) is 44.4 Å². The molecule has 3 nitrogen and oxygen atoms in total. The third-order valence-electron chi connectivity index (χ3n) is 3.29. The van der Waals surface area contributed by atoms with Gasteiger partial charge >= 0.3 is 0 Å². The quantitative estimate of drug-likeness (QED) is 0.914. The zero-order valence-corrected chi connectivity index (χ0v) is 12.1. The molecular weight excluding hydrogens is 246 g/mol. The molecule has 2 aromatic carbocycles. The summed E-state index contributed by atoms with van der Waals surface area (Å²) < 4.78 is 0. The van der Waals surface area contributed by atoms with E-state index in [1.165, 1.54) is 11.3 Å². The first-order valence-corrected chi connectivity index (χ1v) is 6.64. The van der Waals surface area contributed by atoms with E-state index in [9.17, 15) is 0 Å². The molecule has 1 unspecified atom stereocenters. The molecule has 0 radical (unpaired) electrons. The zero-order chi connectivity index (χ0) is 14.5. The molecule has 0 aliphatic carbocycles. The van der Waals surface area contributed by atoms with Crippen LogP contribution in [0.5, 0.6) is 0 Å². The van der Waals surface area contributed by atoms with Crippen molar-refractivity contribution in [3.63, 3.8) is 0 Å². The van der Waals surface area contributed by atoms with Gasteiger partial charge in [-0.1, -0.05) is 18.2 Å². The standard InChI is InChI=1S/C17H19N3/c1-13(15-9-7-14(12-18)8-10-15)19-16-5-4-6-17(11-16)20(2)3/h4-11,13,19H,1-3H3. The zero-order valence-electron chi connectivity index (χ0n) is 12.1. The van der Waals surface area contributed by atoms with Gasteiger partial charge in [-0.15, -0.1) is 0 Å². The van der Waals surface area contributed by atoms with E-state index < -0.39 is 0 Å². The number of nitriles is 1. The van der Waals surface area contributed by atoms with E-state index in [4.69, 9.17) is 5.26 Å². The van der Waals surface area contributed by atoms with E-state index >= 15 is 0 Å². The maximum absolute atomic E-state index is 8.81. The molecule has 2 aromatic rings. The van der Waals surface area contributed by atoms with E-state index in [2.05, 4.69) is 41.4 Å². The van der Waals surface area contributed by atoms with Crippen LogP contribution in [0.25, 0.3) is 0 Å². The number of anilines is 2. The van der Waals surface area contributed by atoms with Gasteiger partial charge in [0, 0.05) is 31.5 Å². The fourth-order valence-corrected chi connectivity index (χ4v) is 2.05. The van der Waals surface area contributed by atoms with Crippen LogP contribution in [-0.4, -0.2) is 14.1 Å². The Hall–Kier alpha value is -2.47. The van der Waals surface area contributed by atoms with Gasteiger partial charge in [-0.3, -0.25) is 0 Å². The fraction of sp³-hybridized carbons (Fsp3) is 0.235. The van der Waals surface area contributed by atoms with Crippen molar-refractivity contribution < 1.29 is 0 Å². The van der Waals surface area contributed by atoms with Crippen LogP contribution < -0.4 is 10.2 Å². The van der Waals surface area contributed by atoms with Crippen molar-refractivity contribution in [3.05, 3.63) is 59.7 Å². The Kier molecular flexibility index (Phi) is 4.27. The molecule has 3 heteroatoms. The Morgan fingerprint density at radius 2 is 1.80 bits per heavy atom. The summed E-state index contributed by atoms with van der Waals surface area (Å²) in [7, 11) is 4.06. The van der Waals surface area contributed by atoms with Crippen molar-refractivity contribution in [1.82, 2.24) is 0 Å². The van der Waals surface area contributed by atoms with Crippen LogP contribution in [0, 0.1) is 11.3 Å². The van der Waals surface area contributed by atoms with Crippen LogP contribution in [0.1, 0.15) is 24.1 Å². The Labute approximate surface area is 120 Å². The molecule has 20 heavy (non-hydrogen) atoms. The second-order valence-electron chi connectivity index (χ2n) is 5.04. The summed E-state index contributed by atoms with van der Waals surface area (Å²) in [5.74, 6) is 0. The molecule has 0 aliphatic heterocycles. The lowest BCUT2D eigenvalue weighted by molar-refractivity contribution is 0.884. The van der Waals surface area contributed by atoms with Crippen molar-refractivity contribution in [3.8, 4) is 6.07 Å². The van der Waals surface area contributed by atoms with E-state index in [-0.39, 0.29) is 6.04 Å². The van der Waals surface area contributed by atoms with Crippen LogP contribution in [0.4, 0.5) is 11.4 Å². The van der Waals surface area contributed by atoms with Gasteiger partial charge in [0.05, 0.1) is 11.6 Å².